The van der Waals surface area contributed by atoms with Gasteiger partial charge in [-0.3, -0.25) is 14.4 Å². The van der Waals surface area contributed by atoms with Crippen LogP contribution in [0.15, 0.2) is 59.4 Å². The molecule has 11 heteroatoms. The van der Waals surface area contributed by atoms with Crippen molar-refractivity contribution in [2.24, 2.45) is 5.92 Å². The van der Waals surface area contributed by atoms with Crippen LogP contribution in [0, 0.1) is 5.92 Å². The first kappa shape index (κ1) is 34.8. The molecule has 0 aromatic heterocycles. The summed E-state index contributed by atoms with van der Waals surface area (Å²) in [6, 6.07) is 13.2. The number of aliphatic carboxylic acids is 1. The van der Waals surface area contributed by atoms with Crippen LogP contribution in [0.1, 0.15) is 56.3 Å². The number of hydrogen-bond donors (Lipinski definition) is 4. The van der Waals surface area contributed by atoms with Gasteiger partial charge in [-0.1, -0.05) is 56.7 Å². The fraction of sp³-hybridized carbons (Fsp3) is 0.389. The number of fused-ring (bicyclic) bond motifs is 3. The molecule has 0 fully saturated rings. The third-order valence-corrected chi connectivity index (χ3v) is 8.62. The zero-order chi connectivity index (χ0) is 34.2. The van der Waals surface area contributed by atoms with Crippen molar-refractivity contribution < 1.29 is 33.7 Å². The lowest BCUT2D eigenvalue weighted by Crippen LogP contribution is -2.51. The molecule has 1 aliphatic rings. The minimum absolute atomic E-state index is 0.106. The van der Waals surface area contributed by atoms with Gasteiger partial charge in [0.2, 0.25) is 23.0 Å². The number of ether oxygens (including phenoxy) is 3. The Bertz CT molecular complexity index is 1680. The topological polar surface area (TPSA) is 152 Å². The van der Waals surface area contributed by atoms with Gasteiger partial charge in [0.05, 0.1) is 33.1 Å². The standard InChI is InChI=1S/C36H43N3O8/c1-7-20(2)32(35(42)39-28(36(43)44)17-22-11-9-8-10-12-22)38-27-16-14-24-25(19-29(27)41)26(37-21(3)40)15-13-23-18-30(45-4)33(46-5)34(47-6)31(23)24/h8-12,14,16,18-20,26,28,32H,7,13,15,17H2,1-6H3,(H,37,40)(H,38,41)(H,39,42)(H,43,44)/t20-,26-,28-,32-/m0/s1. The number of amides is 2. The van der Waals surface area contributed by atoms with Crippen molar-refractivity contribution in [2.45, 2.75) is 64.6 Å². The molecule has 1 aliphatic carbocycles. The van der Waals surface area contributed by atoms with Crippen molar-refractivity contribution in [3.05, 3.63) is 81.5 Å². The first-order chi connectivity index (χ1) is 22.5. The highest BCUT2D eigenvalue weighted by Crippen LogP contribution is 2.50. The van der Waals surface area contributed by atoms with Crippen LogP contribution in [0.25, 0.3) is 11.1 Å². The van der Waals surface area contributed by atoms with E-state index >= 15 is 0 Å². The molecule has 0 saturated heterocycles. The van der Waals surface area contributed by atoms with Gasteiger partial charge >= 0.3 is 5.97 Å². The highest BCUT2D eigenvalue weighted by atomic mass is 16.5. The van der Waals surface area contributed by atoms with Crippen molar-refractivity contribution in [1.29, 1.82) is 0 Å². The fourth-order valence-electron chi connectivity index (χ4n) is 6.01. The number of methoxy groups -OCH3 is 3. The second-order valence-corrected chi connectivity index (χ2v) is 11.7. The van der Waals surface area contributed by atoms with Gasteiger partial charge in [-0.2, -0.15) is 0 Å². The average Bonchev–Trinajstić information content (AvgIpc) is 3.30. The summed E-state index contributed by atoms with van der Waals surface area (Å²) in [5.74, 6) is -0.888. The van der Waals surface area contributed by atoms with E-state index in [2.05, 4.69) is 16.0 Å². The fourth-order valence-corrected chi connectivity index (χ4v) is 6.01. The minimum atomic E-state index is -1.16. The molecule has 0 aliphatic heterocycles. The van der Waals surface area contributed by atoms with E-state index in [1.54, 1.807) is 31.4 Å². The summed E-state index contributed by atoms with van der Waals surface area (Å²) < 4.78 is 17.1. The molecule has 3 aromatic carbocycles. The highest BCUT2D eigenvalue weighted by molar-refractivity contribution is 5.89. The van der Waals surface area contributed by atoms with Crippen LogP contribution >= 0.6 is 0 Å². The van der Waals surface area contributed by atoms with Gasteiger partial charge in [0, 0.05) is 18.9 Å². The third-order valence-electron chi connectivity index (χ3n) is 8.62. The molecular formula is C36H43N3O8. The Balaban J connectivity index is 1.80. The number of rotatable bonds is 13. The predicted molar refractivity (Wildman–Crippen MR) is 179 cm³/mol. The quantitative estimate of drug-likeness (QED) is 0.211. The van der Waals surface area contributed by atoms with Gasteiger partial charge in [-0.15, -0.1) is 0 Å². The Labute approximate surface area is 274 Å². The molecule has 4 rings (SSSR count). The number of benzene rings is 2. The maximum absolute atomic E-state index is 13.9. The van der Waals surface area contributed by atoms with Gasteiger partial charge in [-0.05, 0) is 59.2 Å². The first-order valence-corrected chi connectivity index (χ1v) is 15.6. The second-order valence-electron chi connectivity index (χ2n) is 11.7. The number of anilines is 1. The zero-order valence-electron chi connectivity index (χ0n) is 27.6. The lowest BCUT2D eigenvalue weighted by atomic mass is 9.95. The summed E-state index contributed by atoms with van der Waals surface area (Å²) in [7, 11) is 4.59. The van der Waals surface area contributed by atoms with Gasteiger partial charge in [0.1, 0.15) is 12.1 Å². The Morgan fingerprint density at radius 1 is 0.979 bits per heavy atom. The van der Waals surface area contributed by atoms with E-state index in [9.17, 15) is 24.3 Å². The lowest BCUT2D eigenvalue weighted by Gasteiger charge is -2.26. The summed E-state index contributed by atoms with van der Waals surface area (Å²) >= 11 is 0. The van der Waals surface area contributed by atoms with E-state index < -0.39 is 35.4 Å². The molecule has 11 nitrogen and oxygen atoms in total. The maximum Gasteiger partial charge on any atom is 0.326 e. The molecular weight excluding hydrogens is 602 g/mol. The molecule has 4 atom stereocenters. The van der Waals surface area contributed by atoms with E-state index in [0.717, 1.165) is 11.1 Å². The Morgan fingerprint density at radius 3 is 2.28 bits per heavy atom. The predicted octanol–water partition coefficient (Wildman–Crippen LogP) is 4.50. The molecule has 0 heterocycles. The van der Waals surface area contributed by atoms with Crippen LogP contribution in [-0.4, -0.2) is 56.3 Å². The number of carboxylic acids is 1. The van der Waals surface area contributed by atoms with Crippen molar-refractivity contribution in [3.8, 4) is 28.4 Å². The molecule has 2 amide bonds. The van der Waals surface area contributed by atoms with Crippen molar-refractivity contribution >= 4 is 23.5 Å². The lowest BCUT2D eigenvalue weighted by molar-refractivity contribution is -0.142. The van der Waals surface area contributed by atoms with E-state index in [1.807, 2.05) is 38.1 Å². The SMILES string of the molecule is CC[C@H](C)[C@H](Nc1ccc2c(cc1=O)[C@@H](NC(C)=O)CCc1cc(OC)c(OC)c(OC)c1-2)C(=O)N[C@@H](Cc1ccccc1)C(=O)O. The zero-order valence-corrected chi connectivity index (χ0v) is 27.6. The number of carbonyl (C=O) groups excluding carboxylic acids is 2. The van der Waals surface area contributed by atoms with Crippen LogP contribution in [0.5, 0.6) is 17.2 Å². The molecule has 0 spiro atoms. The number of aryl methyl sites for hydroxylation is 1. The van der Waals surface area contributed by atoms with Gasteiger partial charge < -0.3 is 35.3 Å². The Hall–Kier alpha value is -5.06. The van der Waals surface area contributed by atoms with Crippen molar-refractivity contribution in [2.75, 3.05) is 26.6 Å². The van der Waals surface area contributed by atoms with E-state index in [0.29, 0.717) is 53.2 Å². The van der Waals surface area contributed by atoms with E-state index in [1.165, 1.54) is 27.2 Å². The van der Waals surface area contributed by atoms with Crippen LogP contribution in [-0.2, 0) is 27.2 Å². The van der Waals surface area contributed by atoms with Crippen molar-refractivity contribution in [3.63, 3.8) is 0 Å². The Morgan fingerprint density at radius 2 is 1.68 bits per heavy atom. The largest absolute Gasteiger partial charge is 0.493 e. The smallest absolute Gasteiger partial charge is 0.326 e. The molecule has 250 valence electrons. The van der Waals surface area contributed by atoms with Gasteiger partial charge in [-0.25, -0.2) is 4.79 Å². The van der Waals surface area contributed by atoms with E-state index in [4.69, 9.17) is 14.2 Å². The van der Waals surface area contributed by atoms with Crippen LogP contribution in [0.2, 0.25) is 0 Å². The van der Waals surface area contributed by atoms with E-state index in [-0.39, 0.29) is 23.9 Å². The molecule has 3 aromatic rings. The summed E-state index contributed by atoms with van der Waals surface area (Å²) in [6.45, 7) is 5.20. The molecule has 47 heavy (non-hydrogen) atoms. The van der Waals surface area contributed by atoms with Crippen LogP contribution in [0.4, 0.5) is 5.69 Å². The molecule has 0 unspecified atom stereocenters. The molecule has 0 bridgehead atoms. The van der Waals surface area contributed by atoms with Gasteiger partial charge in [0.15, 0.2) is 11.5 Å². The average molecular weight is 646 g/mol. The summed E-state index contributed by atoms with van der Waals surface area (Å²) in [5, 5.41) is 18.7. The first-order valence-electron chi connectivity index (χ1n) is 15.6. The maximum atomic E-state index is 13.9. The summed E-state index contributed by atoms with van der Waals surface area (Å²) in [5.41, 5.74) is 3.34. The number of nitrogens with one attached hydrogen (secondary N) is 3. The second kappa shape index (κ2) is 15.5. The molecule has 4 N–H and O–H groups in total. The number of carboxylic acid groups (broad SMARTS) is 1. The summed E-state index contributed by atoms with van der Waals surface area (Å²) in [6.07, 6.45) is 1.75. The van der Waals surface area contributed by atoms with Crippen molar-refractivity contribution in [1.82, 2.24) is 10.6 Å². The highest BCUT2D eigenvalue weighted by Gasteiger charge is 2.32. The third kappa shape index (κ3) is 7.85. The van der Waals surface area contributed by atoms with Gasteiger partial charge in [0.25, 0.3) is 0 Å². The minimum Gasteiger partial charge on any atom is -0.493 e. The van der Waals surface area contributed by atoms with Crippen LogP contribution < -0.4 is 35.6 Å². The number of carbonyl (C=O) groups is 3. The number of hydrogen-bond acceptors (Lipinski definition) is 8. The normalized spacial score (nSPS) is 15.4. The monoisotopic (exact) mass is 645 g/mol. The summed E-state index contributed by atoms with van der Waals surface area (Å²) in [4.78, 5) is 52.0. The molecule has 0 radical (unpaired) electrons. The van der Waals surface area contributed by atoms with Crippen LogP contribution in [0.3, 0.4) is 0 Å². The molecule has 0 saturated carbocycles. The Kier molecular flexibility index (Phi) is 11.5.